The van der Waals surface area contributed by atoms with Crippen molar-refractivity contribution in [2.75, 3.05) is 31.1 Å². The van der Waals surface area contributed by atoms with Gasteiger partial charge in [0.15, 0.2) is 0 Å². The largest absolute Gasteiger partial charge is 0.356 e. The average molecular weight is 436 g/mol. The summed E-state index contributed by atoms with van der Waals surface area (Å²) in [5, 5.41) is 3.03. The zero-order valence-electron chi connectivity index (χ0n) is 16.1. The molecule has 1 aromatic rings. The van der Waals surface area contributed by atoms with Gasteiger partial charge in [-0.2, -0.15) is 0 Å². The number of carbonyl (C=O) groups is 2. The molecule has 27 heavy (non-hydrogen) atoms. The summed E-state index contributed by atoms with van der Waals surface area (Å²) in [6.07, 6.45) is 6.37. The number of anilines is 1. The second-order valence-corrected chi connectivity index (χ2v) is 8.68. The standard InChI is InChI=1S/C21H30BrN3O2/c1-16-7-2-4-11-24(16)12-5-3-10-23-21(27)17-13-20(26)25(15-17)19-9-6-8-18(22)14-19/h6,8-9,14,16-17H,2-5,7,10-13,15H2,1H3,(H,23,27). The Morgan fingerprint density at radius 1 is 1.30 bits per heavy atom. The van der Waals surface area contributed by atoms with Crippen molar-refractivity contribution < 1.29 is 9.59 Å². The molecular formula is C21H30BrN3O2. The van der Waals surface area contributed by atoms with E-state index in [1.54, 1.807) is 4.90 Å². The van der Waals surface area contributed by atoms with Crippen LogP contribution in [-0.2, 0) is 9.59 Å². The molecule has 2 aliphatic rings. The first-order chi connectivity index (χ1) is 13.0. The van der Waals surface area contributed by atoms with Gasteiger partial charge in [0.1, 0.15) is 0 Å². The summed E-state index contributed by atoms with van der Waals surface area (Å²) in [5.74, 6) is -0.224. The maximum atomic E-state index is 12.4. The molecule has 2 fully saturated rings. The Morgan fingerprint density at radius 2 is 2.15 bits per heavy atom. The number of nitrogens with one attached hydrogen (secondary N) is 1. The summed E-state index contributed by atoms with van der Waals surface area (Å²) in [5.41, 5.74) is 0.848. The van der Waals surface area contributed by atoms with E-state index >= 15 is 0 Å². The molecule has 0 aromatic heterocycles. The van der Waals surface area contributed by atoms with E-state index in [-0.39, 0.29) is 17.7 Å². The molecule has 6 heteroatoms. The number of amides is 2. The molecule has 0 radical (unpaired) electrons. The number of halogens is 1. The Hall–Kier alpha value is -1.40. The second kappa shape index (κ2) is 9.69. The molecule has 2 unspecified atom stereocenters. The van der Waals surface area contributed by atoms with Crippen LogP contribution >= 0.6 is 15.9 Å². The summed E-state index contributed by atoms with van der Waals surface area (Å²) < 4.78 is 0.934. The summed E-state index contributed by atoms with van der Waals surface area (Å²) in [7, 11) is 0. The molecule has 2 amide bonds. The summed E-state index contributed by atoms with van der Waals surface area (Å²) in [6.45, 7) is 5.81. The van der Waals surface area contributed by atoms with Crippen molar-refractivity contribution in [3.05, 3.63) is 28.7 Å². The zero-order valence-corrected chi connectivity index (χ0v) is 17.7. The smallest absolute Gasteiger partial charge is 0.227 e. The Balaban J connectivity index is 1.38. The van der Waals surface area contributed by atoms with Crippen LogP contribution in [0.3, 0.4) is 0 Å². The Kier molecular flexibility index (Phi) is 7.30. The SMILES string of the molecule is CC1CCCCN1CCCCNC(=O)C1CC(=O)N(c2cccc(Br)c2)C1. The molecule has 5 nitrogen and oxygen atoms in total. The van der Waals surface area contributed by atoms with Gasteiger partial charge in [-0.15, -0.1) is 0 Å². The molecule has 0 aliphatic carbocycles. The number of rotatable bonds is 7. The van der Waals surface area contributed by atoms with E-state index in [2.05, 4.69) is 33.1 Å². The van der Waals surface area contributed by atoms with Crippen LogP contribution in [-0.4, -0.2) is 48.9 Å². The molecule has 1 aromatic carbocycles. The minimum atomic E-state index is -0.251. The second-order valence-electron chi connectivity index (χ2n) is 7.76. The fourth-order valence-corrected chi connectivity index (χ4v) is 4.45. The minimum Gasteiger partial charge on any atom is -0.356 e. The van der Waals surface area contributed by atoms with Gasteiger partial charge in [0.05, 0.1) is 5.92 Å². The van der Waals surface area contributed by atoms with Gasteiger partial charge in [0.2, 0.25) is 11.8 Å². The molecule has 3 rings (SSSR count). The number of nitrogens with zero attached hydrogens (tertiary/aromatic N) is 2. The van der Waals surface area contributed by atoms with Gasteiger partial charge in [0, 0.05) is 35.7 Å². The lowest BCUT2D eigenvalue weighted by Crippen LogP contribution is -2.38. The van der Waals surface area contributed by atoms with Crippen LogP contribution in [0.15, 0.2) is 28.7 Å². The quantitative estimate of drug-likeness (QED) is 0.665. The fourth-order valence-electron chi connectivity index (χ4n) is 4.06. The molecule has 148 valence electrons. The number of piperidine rings is 1. The lowest BCUT2D eigenvalue weighted by Gasteiger charge is -2.33. The number of hydrogen-bond donors (Lipinski definition) is 1. The average Bonchev–Trinajstić information content (AvgIpc) is 3.04. The normalized spacial score (nSPS) is 23.6. The van der Waals surface area contributed by atoms with E-state index in [4.69, 9.17) is 0 Å². The number of hydrogen-bond acceptors (Lipinski definition) is 3. The molecule has 1 N–H and O–H groups in total. The van der Waals surface area contributed by atoms with Gasteiger partial charge < -0.3 is 15.1 Å². The molecule has 0 spiro atoms. The van der Waals surface area contributed by atoms with E-state index in [9.17, 15) is 9.59 Å². The number of unbranched alkanes of at least 4 members (excludes halogenated alkanes) is 1. The Bertz CT molecular complexity index is 667. The van der Waals surface area contributed by atoms with Crippen LogP contribution in [0.1, 0.15) is 45.4 Å². The summed E-state index contributed by atoms with van der Waals surface area (Å²) >= 11 is 3.43. The van der Waals surface area contributed by atoms with Crippen molar-refractivity contribution in [2.24, 2.45) is 5.92 Å². The molecule has 2 aliphatic heterocycles. The Morgan fingerprint density at radius 3 is 2.93 bits per heavy atom. The van der Waals surface area contributed by atoms with Crippen molar-refractivity contribution in [1.29, 1.82) is 0 Å². The van der Waals surface area contributed by atoms with Gasteiger partial charge in [-0.25, -0.2) is 0 Å². The fraction of sp³-hybridized carbons (Fsp3) is 0.619. The van der Waals surface area contributed by atoms with Gasteiger partial charge >= 0.3 is 0 Å². The molecule has 2 heterocycles. The predicted molar refractivity (Wildman–Crippen MR) is 112 cm³/mol. The molecule has 0 bridgehead atoms. The third-order valence-electron chi connectivity index (χ3n) is 5.73. The third-order valence-corrected chi connectivity index (χ3v) is 6.22. The van der Waals surface area contributed by atoms with Crippen LogP contribution < -0.4 is 10.2 Å². The van der Waals surface area contributed by atoms with Crippen molar-refractivity contribution in [2.45, 2.75) is 51.5 Å². The molecular weight excluding hydrogens is 406 g/mol. The minimum absolute atomic E-state index is 0.00665. The first-order valence-electron chi connectivity index (χ1n) is 10.1. The molecule has 0 saturated carbocycles. The number of likely N-dealkylation sites (tertiary alicyclic amines) is 1. The summed E-state index contributed by atoms with van der Waals surface area (Å²) in [6, 6.07) is 8.36. The van der Waals surface area contributed by atoms with Gasteiger partial charge in [0.25, 0.3) is 0 Å². The lowest BCUT2D eigenvalue weighted by molar-refractivity contribution is -0.126. The van der Waals surface area contributed by atoms with Crippen molar-refractivity contribution >= 4 is 33.4 Å². The first kappa shape index (κ1) is 20.3. The van der Waals surface area contributed by atoms with Crippen LogP contribution in [0, 0.1) is 5.92 Å². The highest BCUT2D eigenvalue weighted by Gasteiger charge is 2.35. The first-order valence-corrected chi connectivity index (χ1v) is 10.9. The highest BCUT2D eigenvalue weighted by Crippen LogP contribution is 2.27. The molecule has 2 atom stereocenters. The van der Waals surface area contributed by atoms with E-state index in [0.29, 0.717) is 25.6 Å². The van der Waals surface area contributed by atoms with Crippen LogP contribution in [0.4, 0.5) is 5.69 Å². The van der Waals surface area contributed by atoms with Crippen LogP contribution in [0.25, 0.3) is 0 Å². The van der Waals surface area contributed by atoms with Crippen LogP contribution in [0.5, 0.6) is 0 Å². The number of carbonyl (C=O) groups excluding carboxylic acids is 2. The molecule has 2 saturated heterocycles. The topological polar surface area (TPSA) is 52.7 Å². The van der Waals surface area contributed by atoms with E-state index in [0.717, 1.165) is 29.5 Å². The summed E-state index contributed by atoms with van der Waals surface area (Å²) in [4.78, 5) is 29.0. The van der Waals surface area contributed by atoms with Crippen molar-refractivity contribution in [3.8, 4) is 0 Å². The maximum Gasteiger partial charge on any atom is 0.227 e. The highest BCUT2D eigenvalue weighted by atomic mass is 79.9. The monoisotopic (exact) mass is 435 g/mol. The Labute approximate surface area is 170 Å². The van der Waals surface area contributed by atoms with Crippen LogP contribution in [0.2, 0.25) is 0 Å². The van der Waals surface area contributed by atoms with Crippen molar-refractivity contribution in [1.82, 2.24) is 10.2 Å². The highest BCUT2D eigenvalue weighted by molar-refractivity contribution is 9.10. The lowest BCUT2D eigenvalue weighted by atomic mass is 10.0. The van der Waals surface area contributed by atoms with E-state index < -0.39 is 0 Å². The van der Waals surface area contributed by atoms with Gasteiger partial charge in [-0.1, -0.05) is 28.4 Å². The van der Waals surface area contributed by atoms with Crippen molar-refractivity contribution in [3.63, 3.8) is 0 Å². The maximum absolute atomic E-state index is 12.4. The zero-order chi connectivity index (χ0) is 19.2. The third kappa shape index (κ3) is 5.55. The van der Waals surface area contributed by atoms with Gasteiger partial charge in [-0.3, -0.25) is 9.59 Å². The van der Waals surface area contributed by atoms with Gasteiger partial charge in [-0.05, 0) is 63.9 Å². The van der Waals surface area contributed by atoms with E-state index in [1.807, 2.05) is 24.3 Å². The predicted octanol–water partition coefficient (Wildman–Crippen LogP) is 3.57. The number of benzene rings is 1. The van der Waals surface area contributed by atoms with E-state index in [1.165, 1.54) is 25.8 Å².